The Bertz CT molecular complexity index is 856. The molecule has 27 heavy (non-hydrogen) atoms. The highest BCUT2D eigenvalue weighted by Crippen LogP contribution is 2.58. The largest absolute Gasteiger partial charge is 0.489 e. The summed E-state index contributed by atoms with van der Waals surface area (Å²) in [7, 11) is 0. The van der Waals surface area contributed by atoms with Gasteiger partial charge < -0.3 is 9.84 Å². The molecule has 5 atom stereocenters. The first-order valence-electron chi connectivity index (χ1n) is 10.3. The zero-order chi connectivity index (χ0) is 18.4. The fourth-order valence-electron chi connectivity index (χ4n) is 5.82. The minimum Gasteiger partial charge on any atom is -0.489 e. The van der Waals surface area contributed by atoms with Gasteiger partial charge in [-0.25, -0.2) is 0 Å². The molecule has 0 bridgehead atoms. The van der Waals surface area contributed by atoms with Crippen LogP contribution in [0.15, 0.2) is 60.7 Å². The van der Waals surface area contributed by atoms with E-state index >= 15 is 0 Å². The van der Waals surface area contributed by atoms with Crippen molar-refractivity contribution < 1.29 is 9.84 Å². The van der Waals surface area contributed by atoms with E-state index in [-0.39, 0.29) is 11.5 Å². The molecule has 0 amide bonds. The minimum atomic E-state index is -0.265. The van der Waals surface area contributed by atoms with Gasteiger partial charge in [-0.2, -0.15) is 0 Å². The Kier molecular flexibility index (Phi) is 4.12. The van der Waals surface area contributed by atoms with E-state index in [0.29, 0.717) is 24.4 Å². The summed E-state index contributed by atoms with van der Waals surface area (Å²) in [6, 6.07) is 17.1. The number of rotatable bonds is 3. The fraction of sp³-hybridized carbons (Fsp3) is 0.440. The summed E-state index contributed by atoms with van der Waals surface area (Å²) >= 11 is 0. The Morgan fingerprint density at radius 3 is 2.78 bits per heavy atom. The standard InChI is InChI=1S/C25H28O2/c1-25-14-13-21-20-10-8-19(27-16-17-5-3-2-4-6-17)15-18(20)7-9-22(21)23(25)11-12-24(25)26/h2-6,8,10-12,15,21-24,26H,7,9,13-14,16H2,1H3/t21?,22?,23?,24?,25-/m0/s1. The molecule has 3 aliphatic carbocycles. The van der Waals surface area contributed by atoms with Gasteiger partial charge in [0.15, 0.2) is 0 Å². The highest BCUT2D eigenvalue weighted by molar-refractivity contribution is 5.41. The third kappa shape index (κ3) is 2.82. The van der Waals surface area contributed by atoms with Gasteiger partial charge in [-0.1, -0.05) is 55.5 Å². The van der Waals surface area contributed by atoms with Gasteiger partial charge in [0.2, 0.25) is 0 Å². The van der Waals surface area contributed by atoms with Crippen LogP contribution in [0.2, 0.25) is 0 Å². The van der Waals surface area contributed by atoms with Gasteiger partial charge in [0.05, 0.1) is 6.10 Å². The minimum absolute atomic E-state index is 0.0530. The number of aryl methyl sites for hydroxylation is 1. The summed E-state index contributed by atoms with van der Waals surface area (Å²) in [5.74, 6) is 2.80. The van der Waals surface area contributed by atoms with Crippen LogP contribution in [0.5, 0.6) is 5.75 Å². The molecule has 4 unspecified atom stereocenters. The Labute approximate surface area is 161 Å². The Hall–Kier alpha value is -2.06. The summed E-state index contributed by atoms with van der Waals surface area (Å²) in [5.41, 5.74) is 4.24. The number of aliphatic hydroxyl groups is 1. The molecule has 0 aromatic heterocycles. The second-order valence-electron chi connectivity index (χ2n) is 8.84. The van der Waals surface area contributed by atoms with Crippen molar-refractivity contribution in [1.82, 2.24) is 0 Å². The van der Waals surface area contributed by atoms with E-state index in [2.05, 4.69) is 55.5 Å². The molecule has 1 saturated carbocycles. The van der Waals surface area contributed by atoms with Crippen LogP contribution >= 0.6 is 0 Å². The molecule has 0 spiro atoms. The molecule has 5 rings (SSSR count). The SMILES string of the molecule is C[C@]12CCC3c4ccc(OCc5ccccc5)cc4CCC3C1C=CC2O. The molecular formula is C25H28O2. The maximum absolute atomic E-state index is 10.5. The van der Waals surface area contributed by atoms with Crippen LogP contribution in [-0.4, -0.2) is 11.2 Å². The molecule has 0 saturated heterocycles. The van der Waals surface area contributed by atoms with E-state index in [9.17, 15) is 5.11 Å². The van der Waals surface area contributed by atoms with Gasteiger partial charge in [0, 0.05) is 5.41 Å². The van der Waals surface area contributed by atoms with Crippen LogP contribution in [0.3, 0.4) is 0 Å². The fourth-order valence-corrected chi connectivity index (χ4v) is 5.82. The second kappa shape index (κ2) is 6.53. The van der Waals surface area contributed by atoms with Gasteiger partial charge in [-0.05, 0) is 72.3 Å². The predicted molar refractivity (Wildman–Crippen MR) is 108 cm³/mol. The number of fused-ring (bicyclic) bond motifs is 5. The van der Waals surface area contributed by atoms with Crippen molar-refractivity contribution in [3.63, 3.8) is 0 Å². The van der Waals surface area contributed by atoms with Gasteiger partial charge in [0.1, 0.15) is 12.4 Å². The first kappa shape index (κ1) is 17.1. The lowest BCUT2D eigenvalue weighted by Crippen LogP contribution is -2.44. The predicted octanol–water partition coefficient (Wildman–Crippen LogP) is 5.26. The third-order valence-corrected chi connectivity index (χ3v) is 7.42. The van der Waals surface area contributed by atoms with Crippen LogP contribution < -0.4 is 4.74 Å². The van der Waals surface area contributed by atoms with Crippen LogP contribution in [-0.2, 0) is 13.0 Å². The normalized spacial score (nSPS) is 33.9. The van der Waals surface area contributed by atoms with E-state index in [4.69, 9.17) is 4.74 Å². The second-order valence-corrected chi connectivity index (χ2v) is 8.84. The Balaban J connectivity index is 1.35. The average molecular weight is 360 g/mol. The summed E-state index contributed by atoms with van der Waals surface area (Å²) in [4.78, 5) is 0. The average Bonchev–Trinajstić information content (AvgIpc) is 3.01. The summed E-state index contributed by atoms with van der Waals surface area (Å²) in [6.45, 7) is 2.91. The van der Waals surface area contributed by atoms with Crippen molar-refractivity contribution in [1.29, 1.82) is 0 Å². The molecule has 0 aliphatic heterocycles. The molecule has 1 N–H and O–H groups in total. The molecule has 140 valence electrons. The summed E-state index contributed by atoms with van der Waals surface area (Å²) in [5, 5.41) is 10.5. The molecule has 2 heteroatoms. The lowest BCUT2D eigenvalue weighted by molar-refractivity contribution is -0.0101. The number of ether oxygens (including phenoxy) is 1. The van der Waals surface area contributed by atoms with Crippen LogP contribution in [0.4, 0.5) is 0 Å². The Morgan fingerprint density at radius 2 is 1.93 bits per heavy atom. The maximum Gasteiger partial charge on any atom is 0.120 e. The van der Waals surface area contributed by atoms with Gasteiger partial charge >= 0.3 is 0 Å². The van der Waals surface area contributed by atoms with Gasteiger partial charge in [-0.3, -0.25) is 0 Å². The Morgan fingerprint density at radius 1 is 1.07 bits per heavy atom. The number of hydrogen-bond acceptors (Lipinski definition) is 2. The number of hydrogen-bond donors (Lipinski definition) is 1. The van der Waals surface area contributed by atoms with E-state index in [0.717, 1.165) is 18.6 Å². The van der Waals surface area contributed by atoms with E-state index in [1.54, 1.807) is 0 Å². The third-order valence-electron chi connectivity index (χ3n) is 7.42. The van der Waals surface area contributed by atoms with Crippen molar-refractivity contribution in [2.45, 2.75) is 51.2 Å². The quantitative estimate of drug-likeness (QED) is 0.757. The van der Waals surface area contributed by atoms with Crippen molar-refractivity contribution in [2.24, 2.45) is 17.3 Å². The molecule has 2 nitrogen and oxygen atoms in total. The van der Waals surface area contributed by atoms with Crippen molar-refractivity contribution in [3.05, 3.63) is 77.4 Å². The zero-order valence-corrected chi connectivity index (χ0v) is 16.0. The van der Waals surface area contributed by atoms with Crippen LogP contribution in [0, 0.1) is 17.3 Å². The van der Waals surface area contributed by atoms with Crippen molar-refractivity contribution in [3.8, 4) is 5.75 Å². The highest BCUT2D eigenvalue weighted by Gasteiger charge is 2.52. The highest BCUT2D eigenvalue weighted by atomic mass is 16.5. The van der Waals surface area contributed by atoms with E-state index in [1.165, 1.54) is 29.5 Å². The van der Waals surface area contributed by atoms with Crippen LogP contribution in [0.25, 0.3) is 0 Å². The topological polar surface area (TPSA) is 29.5 Å². The molecule has 1 fully saturated rings. The molecular weight excluding hydrogens is 332 g/mol. The first-order chi connectivity index (χ1) is 13.1. The molecule has 0 radical (unpaired) electrons. The van der Waals surface area contributed by atoms with Gasteiger partial charge in [0.25, 0.3) is 0 Å². The monoisotopic (exact) mass is 360 g/mol. The summed E-state index contributed by atoms with van der Waals surface area (Å²) < 4.78 is 6.05. The molecule has 2 aromatic carbocycles. The molecule has 3 aliphatic rings. The molecule has 2 aromatic rings. The van der Waals surface area contributed by atoms with E-state index < -0.39 is 0 Å². The van der Waals surface area contributed by atoms with Crippen molar-refractivity contribution >= 4 is 0 Å². The first-order valence-corrected chi connectivity index (χ1v) is 10.3. The lowest BCUT2D eigenvalue weighted by Gasteiger charge is -2.50. The summed E-state index contributed by atoms with van der Waals surface area (Å²) in [6.07, 6.45) is 8.73. The lowest BCUT2D eigenvalue weighted by atomic mass is 9.55. The van der Waals surface area contributed by atoms with E-state index in [1.807, 2.05) is 12.1 Å². The number of aliphatic hydroxyl groups excluding tert-OH is 1. The van der Waals surface area contributed by atoms with Crippen molar-refractivity contribution in [2.75, 3.05) is 0 Å². The number of allylic oxidation sites excluding steroid dienone is 1. The smallest absolute Gasteiger partial charge is 0.120 e. The van der Waals surface area contributed by atoms with Crippen LogP contribution in [0.1, 0.15) is 48.8 Å². The maximum atomic E-state index is 10.5. The number of benzene rings is 2. The zero-order valence-electron chi connectivity index (χ0n) is 16.0. The molecule has 0 heterocycles. The van der Waals surface area contributed by atoms with Gasteiger partial charge in [-0.15, -0.1) is 0 Å².